The second-order valence-electron chi connectivity index (χ2n) is 2.87. The summed E-state index contributed by atoms with van der Waals surface area (Å²) in [5, 5.41) is 0. The highest BCUT2D eigenvalue weighted by Gasteiger charge is 2.23. The first kappa shape index (κ1) is 9.21. The van der Waals surface area contributed by atoms with Crippen LogP contribution in [0.25, 0.3) is 0 Å². The molecule has 1 atom stereocenters. The van der Waals surface area contributed by atoms with E-state index in [2.05, 4.69) is 11.3 Å². The Labute approximate surface area is 61.9 Å². The molecule has 1 unspecified atom stereocenters. The fraction of sp³-hybridized carbons (Fsp3) is 0.625. The summed E-state index contributed by atoms with van der Waals surface area (Å²) in [5.41, 5.74) is -0.169. The maximum Gasteiger partial charge on any atom is 0.417 e. The van der Waals surface area contributed by atoms with Crippen molar-refractivity contribution in [2.75, 3.05) is 0 Å². The Morgan fingerprint density at radius 2 is 2.20 bits per heavy atom. The maximum atomic E-state index is 9.80. The minimum atomic E-state index is -0.169. The monoisotopic (exact) mass is 141 g/mol. The van der Waals surface area contributed by atoms with Crippen molar-refractivity contribution in [3.63, 3.8) is 0 Å². The fourth-order valence-electron chi connectivity index (χ4n) is 0.390. The third-order valence-electron chi connectivity index (χ3n) is 1.80. The molecule has 57 valence electrons. The summed E-state index contributed by atoms with van der Waals surface area (Å²) in [4.78, 5) is 9.80. The van der Waals surface area contributed by atoms with Gasteiger partial charge in [0.25, 0.3) is 0 Å². The normalized spacial score (nSPS) is 13.9. The number of hydrogen-bond donors (Lipinski definition) is 0. The summed E-state index contributed by atoms with van der Waals surface area (Å²) >= 11 is 0. The second kappa shape index (κ2) is 3.40. The van der Waals surface area contributed by atoms with Crippen molar-refractivity contribution >= 4 is 6.47 Å². The first-order chi connectivity index (χ1) is 4.54. The van der Waals surface area contributed by atoms with E-state index in [4.69, 9.17) is 0 Å². The first-order valence-electron chi connectivity index (χ1n) is 3.21. The molecule has 10 heavy (non-hydrogen) atoms. The summed E-state index contributed by atoms with van der Waals surface area (Å²) in [6, 6.07) is 0. The first-order valence-corrected chi connectivity index (χ1v) is 3.21. The average Bonchev–Trinajstić information content (AvgIpc) is 1.89. The van der Waals surface area contributed by atoms with Gasteiger partial charge in [-0.2, -0.15) is 0 Å². The van der Waals surface area contributed by atoms with Crippen LogP contribution < -0.4 is 0 Å². The van der Waals surface area contributed by atoms with Crippen LogP contribution >= 0.6 is 0 Å². The van der Waals surface area contributed by atoms with Crippen LogP contribution in [0.1, 0.15) is 20.8 Å². The molecule has 0 aliphatic rings. The molecule has 2 nitrogen and oxygen atoms in total. The lowest BCUT2D eigenvalue weighted by atomic mass is 9.88. The zero-order chi connectivity index (χ0) is 8.20. The average molecular weight is 141 g/mol. The largest absolute Gasteiger partial charge is 0.453 e. The van der Waals surface area contributed by atoms with Gasteiger partial charge in [-0.25, -0.2) is 4.79 Å². The van der Waals surface area contributed by atoms with Crippen LogP contribution in [-0.4, -0.2) is 12.6 Å². The van der Waals surface area contributed by atoms with Gasteiger partial charge in [-0.05, 0) is 6.92 Å². The lowest BCUT2D eigenvalue weighted by Gasteiger charge is -2.25. The molecule has 0 aromatic carbocycles. The minimum Gasteiger partial charge on any atom is -0.453 e. The summed E-state index contributed by atoms with van der Waals surface area (Å²) < 4.78 is 4.62. The Kier molecular flexibility index (Phi) is 3.13. The smallest absolute Gasteiger partial charge is 0.417 e. The highest BCUT2D eigenvalue weighted by Crippen LogP contribution is 2.23. The van der Waals surface area contributed by atoms with Crippen molar-refractivity contribution in [2.45, 2.75) is 26.9 Å². The van der Waals surface area contributed by atoms with E-state index in [1.807, 2.05) is 20.8 Å². The van der Waals surface area contributed by atoms with Crippen LogP contribution in [0.2, 0.25) is 0 Å². The molecule has 0 rings (SSSR count). The van der Waals surface area contributed by atoms with E-state index in [9.17, 15) is 4.79 Å². The van der Waals surface area contributed by atoms with Crippen molar-refractivity contribution in [3.05, 3.63) is 12.7 Å². The lowest BCUT2D eigenvalue weighted by Crippen LogP contribution is -2.26. The molecule has 1 radical (unpaired) electrons. The SMILES string of the molecule is C=CC(C)(C)C(C)O[C]=O. The Morgan fingerprint density at radius 1 is 1.70 bits per heavy atom. The predicted octanol–water partition coefficient (Wildman–Crippen LogP) is 1.67. The van der Waals surface area contributed by atoms with Crippen LogP contribution in [0.4, 0.5) is 0 Å². The van der Waals surface area contributed by atoms with Crippen molar-refractivity contribution in [1.29, 1.82) is 0 Å². The lowest BCUT2D eigenvalue weighted by molar-refractivity contribution is 0.106. The highest BCUT2D eigenvalue weighted by molar-refractivity contribution is 5.38. The van der Waals surface area contributed by atoms with Crippen molar-refractivity contribution in [3.8, 4) is 0 Å². The van der Waals surface area contributed by atoms with Gasteiger partial charge in [0.1, 0.15) is 6.10 Å². The van der Waals surface area contributed by atoms with E-state index in [0.717, 1.165) is 0 Å². The van der Waals surface area contributed by atoms with E-state index >= 15 is 0 Å². The molecule has 0 heterocycles. The molecule has 0 amide bonds. The molecule has 2 heteroatoms. The number of hydrogen-bond acceptors (Lipinski definition) is 2. The van der Waals surface area contributed by atoms with Gasteiger partial charge in [0.2, 0.25) is 0 Å². The minimum absolute atomic E-state index is 0.164. The fourth-order valence-corrected chi connectivity index (χ4v) is 0.390. The molecule has 0 fully saturated rings. The van der Waals surface area contributed by atoms with Gasteiger partial charge in [0, 0.05) is 5.41 Å². The predicted molar refractivity (Wildman–Crippen MR) is 40.2 cm³/mol. The third-order valence-corrected chi connectivity index (χ3v) is 1.80. The van der Waals surface area contributed by atoms with Crippen LogP contribution in [0.5, 0.6) is 0 Å². The Hall–Kier alpha value is -0.790. The zero-order valence-electron chi connectivity index (χ0n) is 6.68. The van der Waals surface area contributed by atoms with Crippen LogP contribution in [0.3, 0.4) is 0 Å². The summed E-state index contributed by atoms with van der Waals surface area (Å²) in [6.07, 6.45) is 1.59. The molecule has 0 aliphatic carbocycles. The quantitative estimate of drug-likeness (QED) is 0.557. The van der Waals surface area contributed by atoms with Crippen molar-refractivity contribution < 1.29 is 9.53 Å². The van der Waals surface area contributed by atoms with Gasteiger partial charge in [-0.3, -0.25) is 0 Å². The second-order valence-corrected chi connectivity index (χ2v) is 2.87. The van der Waals surface area contributed by atoms with E-state index < -0.39 is 0 Å². The van der Waals surface area contributed by atoms with Gasteiger partial charge in [0.05, 0.1) is 0 Å². The molecule has 0 N–H and O–H groups in total. The molecule has 0 saturated carbocycles. The number of rotatable bonds is 4. The third kappa shape index (κ3) is 2.21. The van der Waals surface area contributed by atoms with Gasteiger partial charge in [0.15, 0.2) is 0 Å². The zero-order valence-corrected chi connectivity index (χ0v) is 6.68. The van der Waals surface area contributed by atoms with E-state index in [1.54, 1.807) is 6.08 Å². The molecule has 0 spiro atoms. The van der Waals surface area contributed by atoms with Gasteiger partial charge in [-0.1, -0.05) is 19.9 Å². The number of ether oxygens (including phenoxy) is 1. The Bertz CT molecular complexity index is 127. The topological polar surface area (TPSA) is 26.3 Å². The summed E-state index contributed by atoms with van der Waals surface area (Å²) in [6.45, 7) is 10.7. The van der Waals surface area contributed by atoms with E-state index in [1.165, 1.54) is 6.47 Å². The Balaban J connectivity index is 4.02. The molecular formula is C8H13O2. The standard InChI is InChI=1S/C8H13O2/c1-5-8(3,4)7(2)10-6-9/h5,7H,1H2,2-4H3. The van der Waals surface area contributed by atoms with Gasteiger partial charge < -0.3 is 4.74 Å². The molecule has 0 aromatic heterocycles. The van der Waals surface area contributed by atoms with E-state index in [-0.39, 0.29) is 11.5 Å². The van der Waals surface area contributed by atoms with Crippen LogP contribution in [-0.2, 0) is 9.53 Å². The summed E-state index contributed by atoms with van der Waals surface area (Å²) in [5.74, 6) is 0. The van der Waals surface area contributed by atoms with Crippen molar-refractivity contribution in [2.24, 2.45) is 5.41 Å². The molecule has 0 aromatic rings. The highest BCUT2D eigenvalue weighted by atomic mass is 16.5. The summed E-state index contributed by atoms with van der Waals surface area (Å²) in [7, 11) is 0. The van der Waals surface area contributed by atoms with Gasteiger partial charge in [-0.15, -0.1) is 6.58 Å². The number of carbonyl (C=O) groups excluding carboxylic acids is 1. The molecule has 0 aliphatic heterocycles. The van der Waals surface area contributed by atoms with Crippen LogP contribution in [0, 0.1) is 5.41 Å². The molecular weight excluding hydrogens is 128 g/mol. The maximum absolute atomic E-state index is 9.80. The van der Waals surface area contributed by atoms with Crippen LogP contribution in [0.15, 0.2) is 12.7 Å². The molecule has 0 saturated heterocycles. The van der Waals surface area contributed by atoms with Crippen molar-refractivity contribution in [1.82, 2.24) is 0 Å². The Morgan fingerprint density at radius 3 is 2.50 bits per heavy atom. The van der Waals surface area contributed by atoms with E-state index in [0.29, 0.717) is 0 Å². The van der Waals surface area contributed by atoms with Gasteiger partial charge >= 0.3 is 6.47 Å². The molecule has 0 bridgehead atoms.